The fraction of sp³-hybridized carbons (Fsp3) is 0.350. The lowest BCUT2D eigenvalue weighted by atomic mass is 10.1. The molecule has 1 aliphatic rings. The van der Waals surface area contributed by atoms with Crippen LogP contribution in [0.1, 0.15) is 15.9 Å². The van der Waals surface area contributed by atoms with Crippen molar-refractivity contribution in [1.29, 1.82) is 0 Å². The number of esters is 1. The molecule has 0 N–H and O–H groups in total. The zero-order valence-corrected chi connectivity index (χ0v) is 16.5. The molecule has 28 heavy (non-hydrogen) atoms. The first-order chi connectivity index (χ1) is 13.5. The molecule has 0 aromatic heterocycles. The lowest BCUT2D eigenvalue weighted by Crippen LogP contribution is -2.40. The van der Waals surface area contributed by atoms with E-state index in [1.54, 1.807) is 19.2 Å². The first kappa shape index (κ1) is 20.3. The fourth-order valence-corrected chi connectivity index (χ4v) is 4.31. The van der Waals surface area contributed by atoms with E-state index in [9.17, 15) is 13.2 Å². The van der Waals surface area contributed by atoms with Crippen LogP contribution in [0.15, 0.2) is 53.4 Å². The van der Waals surface area contributed by atoms with Crippen molar-refractivity contribution in [1.82, 2.24) is 4.31 Å². The molecule has 0 saturated carbocycles. The summed E-state index contributed by atoms with van der Waals surface area (Å²) in [5.74, 6) is 0.214. The van der Waals surface area contributed by atoms with E-state index in [-0.39, 0.29) is 17.1 Å². The molecule has 0 bridgehead atoms. The standard InChI is InChI=1S/C20H23NO6S/c1-25-18-7-5-16(6-8-18)9-12-27-20(22)17-3-2-4-19(15-17)28(23,24)21-10-13-26-14-11-21/h2-8,15H,9-14H2,1H3. The molecular weight excluding hydrogens is 382 g/mol. The predicted molar refractivity (Wildman–Crippen MR) is 103 cm³/mol. The Labute approximate surface area is 164 Å². The van der Waals surface area contributed by atoms with Gasteiger partial charge in [0.2, 0.25) is 10.0 Å². The summed E-state index contributed by atoms with van der Waals surface area (Å²) in [6.45, 7) is 1.54. The Hall–Kier alpha value is -2.42. The maximum atomic E-state index is 12.7. The van der Waals surface area contributed by atoms with E-state index >= 15 is 0 Å². The number of benzene rings is 2. The van der Waals surface area contributed by atoms with Crippen LogP contribution in [0.3, 0.4) is 0 Å². The lowest BCUT2D eigenvalue weighted by Gasteiger charge is -2.26. The van der Waals surface area contributed by atoms with Crippen molar-refractivity contribution in [3.63, 3.8) is 0 Å². The molecule has 0 amide bonds. The van der Waals surface area contributed by atoms with Crippen molar-refractivity contribution in [2.24, 2.45) is 0 Å². The van der Waals surface area contributed by atoms with Crippen LogP contribution in [0.5, 0.6) is 5.75 Å². The van der Waals surface area contributed by atoms with Crippen molar-refractivity contribution in [3.05, 3.63) is 59.7 Å². The maximum Gasteiger partial charge on any atom is 0.338 e. The Morgan fingerprint density at radius 1 is 1.11 bits per heavy atom. The highest BCUT2D eigenvalue weighted by molar-refractivity contribution is 7.89. The smallest absolute Gasteiger partial charge is 0.338 e. The molecule has 2 aromatic rings. The molecule has 0 spiro atoms. The van der Waals surface area contributed by atoms with Crippen LogP contribution in [0, 0.1) is 0 Å². The Balaban J connectivity index is 1.61. The van der Waals surface area contributed by atoms with Crippen LogP contribution in [-0.2, 0) is 25.9 Å². The van der Waals surface area contributed by atoms with Crippen molar-refractivity contribution < 1.29 is 27.4 Å². The number of hydrogen-bond donors (Lipinski definition) is 0. The predicted octanol–water partition coefficient (Wildman–Crippen LogP) is 2.12. The summed E-state index contributed by atoms with van der Waals surface area (Å²) < 4.78 is 42.4. The van der Waals surface area contributed by atoms with E-state index in [0.717, 1.165) is 11.3 Å². The largest absolute Gasteiger partial charge is 0.497 e. The van der Waals surface area contributed by atoms with Crippen molar-refractivity contribution in [3.8, 4) is 5.75 Å². The zero-order valence-electron chi connectivity index (χ0n) is 15.7. The van der Waals surface area contributed by atoms with E-state index in [2.05, 4.69) is 0 Å². The first-order valence-corrected chi connectivity index (χ1v) is 10.4. The van der Waals surface area contributed by atoms with Gasteiger partial charge in [0.05, 0.1) is 37.4 Å². The SMILES string of the molecule is COc1ccc(CCOC(=O)c2cccc(S(=O)(=O)N3CCOCC3)c2)cc1. The second kappa shape index (κ2) is 9.18. The summed E-state index contributed by atoms with van der Waals surface area (Å²) in [6, 6.07) is 13.4. The van der Waals surface area contributed by atoms with Gasteiger partial charge < -0.3 is 14.2 Å². The normalized spacial score (nSPS) is 15.2. The minimum atomic E-state index is -3.65. The van der Waals surface area contributed by atoms with Crippen molar-refractivity contribution in [2.45, 2.75) is 11.3 Å². The molecule has 0 radical (unpaired) electrons. The average Bonchev–Trinajstić information content (AvgIpc) is 2.75. The van der Waals surface area contributed by atoms with E-state index in [1.165, 1.54) is 16.4 Å². The van der Waals surface area contributed by atoms with Gasteiger partial charge >= 0.3 is 5.97 Å². The summed E-state index contributed by atoms with van der Waals surface area (Å²) in [5, 5.41) is 0. The molecule has 1 saturated heterocycles. The highest BCUT2D eigenvalue weighted by Crippen LogP contribution is 2.19. The Morgan fingerprint density at radius 3 is 2.50 bits per heavy atom. The van der Waals surface area contributed by atoms with Gasteiger partial charge in [0.25, 0.3) is 0 Å². The minimum absolute atomic E-state index is 0.0824. The number of methoxy groups -OCH3 is 1. The Bertz CT molecular complexity index is 905. The summed E-state index contributed by atoms with van der Waals surface area (Å²) in [5.41, 5.74) is 1.22. The second-order valence-corrected chi connectivity index (χ2v) is 8.22. The molecule has 0 unspecified atom stereocenters. The van der Waals surface area contributed by atoms with Gasteiger partial charge in [0.15, 0.2) is 0 Å². The van der Waals surface area contributed by atoms with E-state index < -0.39 is 16.0 Å². The van der Waals surface area contributed by atoms with Crippen LogP contribution in [0.25, 0.3) is 0 Å². The molecule has 0 atom stereocenters. The molecule has 2 aromatic carbocycles. The van der Waals surface area contributed by atoms with E-state index in [0.29, 0.717) is 32.7 Å². The molecule has 1 aliphatic heterocycles. The number of morpholine rings is 1. The zero-order chi connectivity index (χ0) is 20.0. The molecular formula is C20H23NO6S. The number of ether oxygens (including phenoxy) is 3. The highest BCUT2D eigenvalue weighted by Gasteiger charge is 2.27. The quantitative estimate of drug-likeness (QED) is 0.657. The van der Waals surface area contributed by atoms with Gasteiger partial charge in [-0.15, -0.1) is 0 Å². The lowest BCUT2D eigenvalue weighted by molar-refractivity contribution is 0.0509. The van der Waals surface area contributed by atoms with Crippen LogP contribution >= 0.6 is 0 Å². The number of carbonyl (C=O) groups is 1. The fourth-order valence-electron chi connectivity index (χ4n) is 2.86. The Kier molecular flexibility index (Phi) is 6.66. The van der Waals surface area contributed by atoms with Gasteiger partial charge in [-0.3, -0.25) is 0 Å². The molecule has 1 heterocycles. The van der Waals surface area contributed by atoms with Crippen LogP contribution in [0.2, 0.25) is 0 Å². The van der Waals surface area contributed by atoms with E-state index in [1.807, 2.05) is 24.3 Å². The summed E-state index contributed by atoms with van der Waals surface area (Å²) in [7, 11) is -2.05. The monoisotopic (exact) mass is 405 g/mol. The van der Waals surface area contributed by atoms with Crippen LogP contribution < -0.4 is 4.74 Å². The molecule has 8 heteroatoms. The van der Waals surface area contributed by atoms with Crippen molar-refractivity contribution in [2.75, 3.05) is 40.0 Å². The first-order valence-electron chi connectivity index (χ1n) is 8.99. The number of nitrogens with zero attached hydrogens (tertiary/aromatic N) is 1. The van der Waals surface area contributed by atoms with Gasteiger partial charge in [0, 0.05) is 19.5 Å². The van der Waals surface area contributed by atoms with Crippen LogP contribution in [-0.4, -0.2) is 58.7 Å². The third kappa shape index (κ3) is 4.89. The van der Waals surface area contributed by atoms with Gasteiger partial charge in [-0.25, -0.2) is 13.2 Å². The molecule has 1 fully saturated rings. The topological polar surface area (TPSA) is 82.1 Å². The summed E-state index contributed by atoms with van der Waals surface area (Å²) in [4.78, 5) is 12.4. The minimum Gasteiger partial charge on any atom is -0.497 e. The molecule has 0 aliphatic carbocycles. The number of hydrogen-bond acceptors (Lipinski definition) is 6. The summed E-state index contributed by atoms with van der Waals surface area (Å²) in [6.07, 6.45) is 0.557. The van der Waals surface area contributed by atoms with Gasteiger partial charge in [0.1, 0.15) is 5.75 Å². The van der Waals surface area contributed by atoms with Gasteiger partial charge in [-0.2, -0.15) is 4.31 Å². The third-order valence-electron chi connectivity index (χ3n) is 4.46. The van der Waals surface area contributed by atoms with Gasteiger partial charge in [-0.1, -0.05) is 18.2 Å². The number of carbonyl (C=O) groups excluding carboxylic acids is 1. The third-order valence-corrected chi connectivity index (χ3v) is 6.36. The Morgan fingerprint density at radius 2 is 1.82 bits per heavy atom. The number of sulfonamides is 1. The molecule has 3 rings (SSSR count). The maximum absolute atomic E-state index is 12.7. The molecule has 150 valence electrons. The second-order valence-electron chi connectivity index (χ2n) is 6.28. The highest BCUT2D eigenvalue weighted by atomic mass is 32.2. The van der Waals surface area contributed by atoms with E-state index in [4.69, 9.17) is 14.2 Å². The average molecular weight is 405 g/mol. The number of rotatable bonds is 7. The molecule has 7 nitrogen and oxygen atoms in total. The van der Waals surface area contributed by atoms with Crippen molar-refractivity contribution >= 4 is 16.0 Å². The van der Waals surface area contributed by atoms with Crippen LogP contribution in [0.4, 0.5) is 0 Å². The van der Waals surface area contributed by atoms with Gasteiger partial charge in [-0.05, 0) is 35.9 Å². The summed E-state index contributed by atoms with van der Waals surface area (Å²) >= 11 is 0.